The lowest BCUT2D eigenvalue weighted by Gasteiger charge is -2.25. The Morgan fingerprint density at radius 3 is 3.07 bits per heavy atom. The third-order valence-electron chi connectivity index (χ3n) is 3.16. The fourth-order valence-corrected chi connectivity index (χ4v) is 2.64. The number of rotatable bonds is 2. The molecule has 0 spiro atoms. The fraction of sp³-hybridized carbons (Fsp3) is 0.600. The SMILES string of the molecule is Clc1ccc(CN2C[C@H]3C[C@@H]2CN3)o1. The molecule has 2 bridgehead atoms. The van der Waals surface area contributed by atoms with Crippen LogP contribution in [0.5, 0.6) is 0 Å². The first-order valence-electron chi connectivity index (χ1n) is 5.03. The van der Waals surface area contributed by atoms with E-state index in [1.807, 2.05) is 12.1 Å². The van der Waals surface area contributed by atoms with E-state index in [1.165, 1.54) is 6.42 Å². The quantitative estimate of drug-likeness (QED) is 0.805. The Labute approximate surface area is 88.0 Å². The number of nitrogens with zero attached hydrogens (tertiary/aromatic N) is 1. The lowest BCUT2D eigenvalue weighted by atomic mass is 10.2. The summed E-state index contributed by atoms with van der Waals surface area (Å²) in [4.78, 5) is 2.47. The number of furan rings is 1. The molecule has 1 N–H and O–H groups in total. The maximum Gasteiger partial charge on any atom is 0.193 e. The minimum Gasteiger partial charge on any atom is -0.448 e. The molecule has 0 aromatic carbocycles. The van der Waals surface area contributed by atoms with Crippen LogP contribution in [0.2, 0.25) is 5.22 Å². The number of likely N-dealkylation sites (tertiary alicyclic amines) is 1. The van der Waals surface area contributed by atoms with Gasteiger partial charge in [0.25, 0.3) is 0 Å². The molecular formula is C10H13ClN2O. The summed E-state index contributed by atoms with van der Waals surface area (Å²) < 4.78 is 5.36. The minimum absolute atomic E-state index is 0.488. The normalized spacial score (nSPS) is 31.5. The zero-order valence-electron chi connectivity index (χ0n) is 7.87. The van der Waals surface area contributed by atoms with Crippen molar-refractivity contribution in [3.05, 3.63) is 23.1 Å². The molecule has 3 nitrogen and oxygen atoms in total. The van der Waals surface area contributed by atoms with Crippen molar-refractivity contribution >= 4 is 11.6 Å². The topological polar surface area (TPSA) is 28.4 Å². The molecule has 0 unspecified atom stereocenters. The zero-order chi connectivity index (χ0) is 9.54. The van der Waals surface area contributed by atoms with Gasteiger partial charge in [-0.05, 0) is 30.2 Å². The maximum atomic E-state index is 5.73. The van der Waals surface area contributed by atoms with E-state index in [0.717, 1.165) is 25.4 Å². The monoisotopic (exact) mass is 212 g/mol. The fourth-order valence-electron chi connectivity index (χ4n) is 2.48. The second-order valence-electron chi connectivity index (χ2n) is 4.13. The van der Waals surface area contributed by atoms with E-state index in [1.54, 1.807) is 0 Å². The Kier molecular flexibility index (Phi) is 2.04. The first-order chi connectivity index (χ1) is 6.81. The standard InChI is InChI=1S/C10H13ClN2O/c11-10-2-1-9(14-10)6-13-5-7-3-8(13)4-12-7/h1-2,7-8,12H,3-6H2/t7-,8-/m1/s1. The van der Waals surface area contributed by atoms with Crippen molar-refractivity contribution < 1.29 is 4.42 Å². The lowest BCUT2D eigenvalue weighted by molar-refractivity contribution is 0.202. The van der Waals surface area contributed by atoms with Crippen LogP contribution in [0.3, 0.4) is 0 Å². The average molecular weight is 213 g/mol. The van der Waals surface area contributed by atoms with Crippen molar-refractivity contribution in [1.29, 1.82) is 0 Å². The highest BCUT2D eigenvalue weighted by atomic mass is 35.5. The van der Waals surface area contributed by atoms with Crippen molar-refractivity contribution in [1.82, 2.24) is 10.2 Å². The summed E-state index contributed by atoms with van der Waals surface area (Å²) in [7, 11) is 0. The molecule has 2 saturated heterocycles. The van der Waals surface area contributed by atoms with Crippen molar-refractivity contribution in [2.24, 2.45) is 0 Å². The van der Waals surface area contributed by atoms with Gasteiger partial charge in [0.05, 0.1) is 6.54 Å². The summed E-state index contributed by atoms with van der Waals surface area (Å²) in [6, 6.07) is 5.17. The third-order valence-corrected chi connectivity index (χ3v) is 3.36. The third kappa shape index (κ3) is 1.45. The van der Waals surface area contributed by atoms with E-state index in [0.29, 0.717) is 17.3 Å². The highest BCUT2D eigenvalue weighted by molar-refractivity contribution is 6.28. The predicted molar refractivity (Wildman–Crippen MR) is 54.3 cm³/mol. The van der Waals surface area contributed by atoms with E-state index in [2.05, 4.69) is 10.2 Å². The van der Waals surface area contributed by atoms with Gasteiger partial charge >= 0.3 is 0 Å². The van der Waals surface area contributed by atoms with E-state index >= 15 is 0 Å². The van der Waals surface area contributed by atoms with Crippen LogP contribution in [0.25, 0.3) is 0 Å². The Bertz CT molecular complexity index is 339. The molecule has 0 radical (unpaired) electrons. The van der Waals surface area contributed by atoms with Gasteiger partial charge in [-0.15, -0.1) is 0 Å². The summed E-state index contributed by atoms with van der Waals surface area (Å²) in [5.41, 5.74) is 0. The summed E-state index contributed by atoms with van der Waals surface area (Å²) in [5.74, 6) is 0.975. The zero-order valence-corrected chi connectivity index (χ0v) is 8.63. The number of nitrogens with one attached hydrogen (secondary N) is 1. The molecule has 14 heavy (non-hydrogen) atoms. The molecule has 0 saturated carbocycles. The average Bonchev–Trinajstić information content (AvgIpc) is 2.82. The first kappa shape index (κ1) is 8.77. The van der Waals surface area contributed by atoms with Crippen molar-refractivity contribution in [3.8, 4) is 0 Å². The molecule has 1 aromatic heterocycles. The van der Waals surface area contributed by atoms with Crippen LogP contribution in [0.1, 0.15) is 12.2 Å². The highest BCUT2D eigenvalue weighted by Crippen LogP contribution is 2.25. The highest BCUT2D eigenvalue weighted by Gasteiger charge is 2.37. The molecule has 2 aliphatic rings. The Morgan fingerprint density at radius 2 is 2.50 bits per heavy atom. The van der Waals surface area contributed by atoms with Crippen LogP contribution in [-0.4, -0.2) is 30.1 Å². The molecule has 2 fully saturated rings. The first-order valence-corrected chi connectivity index (χ1v) is 5.41. The largest absolute Gasteiger partial charge is 0.448 e. The van der Waals surface area contributed by atoms with Crippen LogP contribution in [0, 0.1) is 0 Å². The molecule has 3 rings (SSSR count). The van der Waals surface area contributed by atoms with E-state index in [-0.39, 0.29) is 0 Å². The lowest BCUT2D eigenvalue weighted by Crippen LogP contribution is -2.42. The second kappa shape index (κ2) is 3.26. The van der Waals surface area contributed by atoms with Gasteiger partial charge in [0.2, 0.25) is 0 Å². The van der Waals surface area contributed by atoms with Gasteiger partial charge in [0, 0.05) is 25.2 Å². The number of hydrogen-bond donors (Lipinski definition) is 1. The molecule has 0 aliphatic carbocycles. The van der Waals surface area contributed by atoms with Gasteiger partial charge in [0.1, 0.15) is 5.76 Å². The molecule has 1 aromatic rings. The Balaban J connectivity index is 1.68. The molecule has 3 heterocycles. The Morgan fingerprint density at radius 1 is 1.57 bits per heavy atom. The number of hydrogen-bond acceptors (Lipinski definition) is 3. The summed E-state index contributed by atoms with van der Waals surface area (Å²) in [6.07, 6.45) is 1.29. The maximum absolute atomic E-state index is 5.73. The molecule has 76 valence electrons. The van der Waals surface area contributed by atoms with Crippen LogP contribution in [0.4, 0.5) is 0 Å². The molecular weight excluding hydrogens is 200 g/mol. The number of fused-ring (bicyclic) bond motifs is 2. The number of halogens is 1. The van der Waals surface area contributed by atoms with Crippen LogP contribution < -0.4 is 5.32 Å². The van der Waals surface area contributed by atoms with Gasteiger partial charge < -0.3 is 9.73 Å². The van der Waals surface area contributed by atoms with Crippen LogP contribution in [-0.2, 0) is 6.54 Å². The van der Waals surface area contributed by atoms with E-state index in [4.69, 9.17) is 16.0 Å². The number of piperazine rings is 1. The van der Waals surface area contributed by atoms with E-state index in [9.17, 15) is 0 Å². The molecule has 0 amide bonds. The van der Waals surface area contributed by atoms with Gasteiger partial charge in [-0.25, -0.2) is 0 Å². The summed E-state index contributed by atoms with van der Waals surface area (Å²) >= 11 is 5.73. The van der Waals surface area contributed by atoms with Crippen molar-refractivity contribution in [3.63, 3.8) is 0 Å². The minimum atomic E-state index is 0.488. The summed E-state index contributed by atoms with van der Waals surface area (Å²) in [5, 5.41) is 3.97. The Hall–Kier alpha value is -0.510. The van der Waals surface area contributed by atoms with Gasteiger partial charge in [-0.3, -0.25) is 4.90 Å². The second-order valence-corrected chi connectivity index (χ2v) is 4.50. The molecule has 2 aliphatic heterocycles. The predicted octanol–water partition coefficient (Wildman–Crippen LogP) is 1.48. The van der Waals surface area contributed by atoms with Gasteiger partial charge in [-0.1, -0.05) is 0 Å². The molecule has 2 atom stereocenters. The smallest absolute Gasteiger partial charge is 0.193 e. The van der Waals surface area contributed by atoms with Crippen LogP contribution in [0.15, 0.2) is 16.5 Å². The van der Waals surface area contributed by atoms with Crippen LogP contribution >= 0.6 is 11.6 Å². The summed E-state index contributed by atoms with van der Waals surface area (Å²) in [6.45, 7) is 3.16. The van der Waals surface area contributed by atoms with Crippen molar-refractivity contribution in [2.45, 2.75) is 25.0 Å². The van der Waals surface area contributed by atoms with Gasteiger partial charge in [-0.2, -0.15) is 0 Å². The van der Waals surface area contributed by atoms with Gasteiger partial charge in [0.15, 0.2) is 5.22 Å². The van der Waals surface area contributed by atoms with E-state index < -0.39 is 0 Å². The van der Waals surface area contributed by atoms with Crippen molar-refractivity contribution in [2.75, 3.05) is 13.1 Å². The molecule has 4 heteroatoms.